The Morgan fingerprint density at radius 1 is 0.909 bits per heavy atom. The van der Waals surface area contributed by atoms with Gasteiger partial charge in [0.2, 0.25) is 0 Å². The van der Waals surface area contributed by atoms with Gasteiger partial charge in [-0.3, -0.25) is 9.59 Å². The van der Waals surface area contributed by atoms with Gasteiger partial charge in [0.05, 0.1) is 12.6 Å². The zero-order valence-corrected chi connectivity index (χ0v) is 18.2. The van der Waals surface area contributed by atoms with Crippen LogP contribution in [0.4, 0.5) is 4.39 Å². The summed E-state index contributed by atoms with van der Waals surface area (Å²) in [4.78, 5) is 24.9. The van der Waals surface area contributed by atoms with Crippen molar-refractivity contribution < 1.29 is 23.8 Å². The first kappa shape index (κ1) is 23.9. The maximum absolute atomic E-state index is 14.4. The summed E-state index contributed by atoms with van der Waals surface area (Å²) in [6.45, 7) is -0.330. The second kappa shape index (κ2) is 12.4. The average molecular weight is 451 g/mol. The van der Waals surface area contributed by atoms with E-state index in [1.165, 1.54) is 18.2 Å². The van der Waals surface area contributed by atoms with E-state index in [0.29, 0.717) is 19.4 Å². The van der Waals surface area contributed by atoms with Crippen molar-refractivity contribution in [2.45, 2.75) is 18.9 Å². The van der Waals surface area contributed by atoms with Crippen molar-refractivity contribution in [3.63, 3.8) is 0 Å². The van der Waals surface area contributed by atoms with E-state index >= 15 is 0 Å². The smallest absolute Gasteiger partial charge is 0.258 e. The number of amides is 2. The molecule has 0 spiro atoms. The average Bonchev–Trinajstić information content (AvgIpc) is 2.83. The number of nitrogens with one attached hydrogen (secondary N) is 2. The molecule has 0 saturated carbocycles. The Morgan fingerprint density at radius 2 is 1.58 bits per heavy atom. The van der Waals surface area contributed by atoms with E-state index in [2.05, 4.69) is 10.6 Å². The van der Waals surface area contributed by atoms with Crippen molar-refractivity contribution in [3.8, 4) is 5.75 Å². The molecule has 1 atom stereocenters. The maximum Gasteiger partial charge on any atom is 0.258 e. The van der Waals surface area contributed by atoms with Crippen LogP contribution in [-0.4, -0.2) is 42.7 Å². The molecule has 0 aliphatic rings. The van der Waals surface area contributed by atoms with E-state index in [9.17, 15) is 19.1 Å². The number of rotatable bonds is 11. The summed E-state index contributed by atoms with van der Waals surface area (Å²) in [6, 6.07) is 22.6. The fraction of sp³-hybridized carbons (Fsp3) is 0.231. The molecule has 0 aromatic heterocycles. The quantitative estimate of drug-likeness (QED) is 0.419. The molecule has 7 heteroatoms. The van der Waals surface area contributed by atoms with Crippen LogP contribution in [0.5, 0.6) is 5.75 Å². The van der Waals surface area contributed by atoms with Crippen LogP contribution in [0.15, 0.2) is 78.9 Å². The number of aliphatic hydroxyl groups excluding tert-OH is 1. The van der Waals surface area contributed by atoms with E-state index < -0.39 is 30.3 Å². The normalized spacial score (nSPS) is 11.5. The highest BCUT2D eigenvalue weighted by Gasteiger charge is 2.19. The van der Waals surface area contributed by atoms with Crippen LogP contribution in [0.25, 0.3) is 0 Å². The minimum Gasteiger partial charge on any atom is -0.483 e. The second-order valence-corrected chi connectivity index (χ2v) is 7.53. The lowest BCUT2D eigenvalue weighted by molar-refractivity contribution is -0.124. The first-order valence-corrected chi connectivity index (χ1v) is 10.7. The number of carbonyl (C=O) groups is 2. The van der Waals surface area contributed by atoms with Gasteiger partial charge in [0.1, 0.15) is 17.1 Å². The molecule has 0 heterocycles. The maximum atomic E-state index is 14.4. The lowest BCUT2D eigenvalue weighted by atomic mass is 10.1. The molecule has 0 unspecified atom stereocenters. The highest BCUT2D eigenvalue weighted by Crippen LogP contribution is 2.21. The number of benzene rings is 3. The molecule has 0 saturated heterocycles. The Bertz CT molecular complexity index is 1040. The first-order valence-electron chi connectivity index (χ1n) is 10.7. The van der Waals surface area contributed by atoms with Crippen molar-refractivity contribution in [3.05, 3.63) is 101 Å². The van der Waals surface area contributed by atoms with Gasteiger partial charge < -0.3 is 20.5 Å². The predicted octanol–water partition coefficient (Wildman–Crippen LogP) is 2.90. The van der Waals surface area contributed by atoms with Gasteiger partial charge in [-0.15, -0.1) is 0 Å². The molecule has 2 amide bonds. The first-order chi connectivity index (χ1) is 16.1. The number of carbonyl (C=O) groups excluding carboxylic acids is 2. The van der Waals surface area contributed by atoms with E-state index in [4.69, 9.17) is 4.74 Å². The number of hydrogen-bond donors (Lipinski definition) is 3. The molecule has 3 aromatic rings. The Balaban J connectivity index is 1.55. The van der Waals surface area contributed by atoms with E-state index in [1.807, 2.05) is 60.7 Å². The van der Waals surface area contributed by atoms with E-state index in [1.54, 1.807) is 0 Å². The molecule has 0 radical (unpaired) electrons. The van der Waals surface area contributed by atoms with Gasteiger partial charge in [-0.1, -0.05) is 66.7 Å². The second-order valence-electron chi connectivity index (χ2n) is 7.53. The summed E-state index contributed by atoms with van der Waals surface area (Å²) in [5.74, 6) is -1.85. The molecule has 0 bridgehead atoms. The molecular weight excluding hydrogens is 423 g/mol. The Kier molecular flexibility index (Phi) is 8.97. The zero-order valence-electron chi connectivity index (χ0n) is 18.2. The molecule has 3 aromatic carbocycles. The van der Waals surface area contributed by atoms with Gasteiger partial charge in [-0.2, -0.15) is 0 Å². The van der Waals surface area contributed by atoms with Crippen LogP contribution in [0.1, 0.15) is 21.5 Å². The Hall–Kier alpha value is -3.71. The van der Waals surface area contributed by atoms with Crippen LogP contribution in [0.2, 0.25) is 0 Å². The molecular formula is C26H27FN2O4. The van der Waals surface area contributed by atoms with Crippen molar-refractivity contribution in [1.29, 1.82) is 0 Å². The van der Waals surface area contributed by atoms with Crippen LogP contribution in [0.3, 0.4) is 0 Å². The topological polar surface area (TPSA) is 87.7 Å². The predicted molar refractivity (Wildman–Crippen MR) is 124 cm³/mol. The molecule has 3 rings (SSSR count). The largest absolute Gasteiger partial charge is 0.483 e. The summed E-state index contributed by atoms with van der Waals surface area (Å²) < 4.78 is 19.9. The molecule has 0 fully saturated rings. The van der Waals surface area contributed by atoms with Crippen molar-refractivity contribution >= 4 is 11.8 Å². The number of hydrogen-bond acceptors (Lipinski definition) is 4. The van der Waals surface area contributed by atoms with Crippen LogP contribution >= 0.6 is 0 Å². The monoisotopic (exact) mass is 450 g/mol. The Labute approximate surface area is 192 Å². The van der Waals surface area contributed by atoms with Gasteiger partial charge in [-0.25, -0.2) is 4.39 Å². The lowest BCUT2D eigenvalue weighted by Gasteiger charge is -2.17. The zero-order chi connectivity index (χ0) is 23.5. The summed E-state index contributed by atoms with van der Waals surface area (Å²) in [7, 11) is 0. The van der Waals surface area contributed by atoms with Crippen molar-refractivity contribution in [1.82, 2.24) is 10.6 Å². The van der Waals surface area contributed by atoms with Gasteiger partial charge in [0, 0.05) is 6.54 Å². The molecule has 0 aliphatic carbocycles. The van der Waals surface area contributed by atoms with Gasteiger partial charge >= 0.3 is 0 Å². The van der Waals surface area contributed by atoms with Crippen molar-refractivity contribution in [2.24, 2.45) is 0 Å². The molecule has 3 N–H and O–H groups in total. The highest BCUT2D eigenvalue weighted by atomic mass is 19.1. The van der Waals surface area contributed by atoms with Crippen LogP contribution in [-0.2, 0) is 17.6 Å². The molecule has 33 heavy (non-hydrogen) atoms. The van der Waals surface area contributed by atoms with E-state index in [0.717, 1.165) is 11.1 Å². The lowest BCUT2D eigenvalue weighted by Crippen LogP contribution is -2.41. The summed E-state index contributed by atoms with van der Waals surface area (Å²) in [6.07, 6.45) is 1.06. The number of ether oxygens (including phenoxy) is 1. The number of aliphatic hydroxyl groups is 1. The third-order valence-corrected chi connectivity index (χ3v) is 5.01. The van der Waals surface area contributed by atoms with E-state index in [-0.39, 0.29) is 17.9 Å². The molecule has 6 nitrogen and oxygen atoms in total. The van der Waals surface area contributed by atoms with Gasteiger partial charge in [0.25, 0.3) is 11.8 Å². The molecule has 0 aliphatic heterocycles. The highest BCUT2D eigenvalue weighted by molar-refractivity contribution is 5.97. The summed E-state index contributed by atoms with van der Waals surface area (Å²) in [5.41, 5.74) is 1.77. The Morgan fingerprint density at radius 3 is 2.24 bits per heavy atom. The number of halogens is 1. The van der Waals surface area contributed by atoms with Crippen molar-refractivity contribution in [2.75, 3.05) is 19.8 Å². The standard InChI is InChI=1S/C26H27FN2O4/c27-22-12-7-13-23(25(22)26(32)28-15-14-19-8-3-1-4-9-19)33-18-24(31)29-21(17-30)16-20-10-5-2-6-11-20/h1-13,21,30H,14-18H2,(H,28,32)(H,29,31)/t21-/m0/s1. The van der Waals surface area contributed by atoms with Crippen LogP contribution in [0, 0.1) is 5.82 Å². The third-order valence-electron chi connectivity index (χ3n) is 5.01. The van der Waals surface area contributed by atoms with Crippen LogP contribution < -0.4 is 15.4 Å². The minimum absolute atomic E-state index is 0.0223. The summed E-state index contributed by atoms with van der Waals surface area (Å²) >= 11 is 0. The summed E-state index contributed by atoms with van der Waals surface area (Å²) in [5, 5.41) is 15.0. The SMILES string of the molecule is O=C(COc1cccc(F)c1C(=O)NCCc1ccccc1)N[C@H](CO)Cc1ccccc1. The fourth-order valence-electron chi connectivity index (χ4n) is 3.37. The van der Waals surface area contributed by atoms with Gasteiger partial charge in [0.15, 0.2) is 6.61 Å². The fourth-order valence-corrected chi connectivity index (χ4v) is 3.37. The third kappa shape index (κ3) is 7.43. The minimum atomic E-state index is -0.734. The van der Waals surface area contributed by atoms with Gasteiger partial charge in [-0.05, 0) is 36.1 Å². The molecule has 172 valence electrons.